The summed E-state index contributed by atoms with van der Waals surface area (Å²) < 4.78 is 0. The van der Waals surface area contributed by atoms with Gasteiger partial charge in [-0.1, -0.05) is 25.1 Å². The van der Waals surface area contributed by atoms with E-state index in [0.29, 0.717) is 17.5 Å². The van der Waals surface area contributed by atoms with Crippen LogP contribution in [0.25, 0.3) is 16.9 Å². The predicted molar refractivity (Wildman–Crippen MR) is 143 cm³/mol. The third kappa shape index (κ3) is 3.87. The van der Waals surface area contributed by atoms with E-state index in [1.165, 1.54) is 6.07 Å². The lowest BCUT2D eigenvalue weighted by Crippen LogP contribution is -2.55. The Morgan fingerprint density at radius 2 is 1.79 bits per heavy atom. The third-order valence-electron chi connectivity index (χ3n) is 8.39. The highest BCUT2D eigenvalue weighted by molar-refractivity contribution is 6.28. The monoisotopic (exact) mass is 530 g/mol. The molecule has 9 nitrogen and oxygen atoms in total. The molecule has 1 unspecified atom stereocenters. The summed E-state index contributed by atoms with van der Waals surface area (Å²) in [6, 6.07) is 7.76. The van der Waals surface area contributed by atoms with E-state index in [9.17, 15) is 34.5 Å². The highest BCUT2D eigenvalue weighted by Gasteiger charge is 2.55. The first-order chi connectivity index (χ1) is 18.5. The Morgan fingerprint density at radius 3 is 2.41 bits per heavy atom. The van der Waals surface area contributed by atoms with Gasteiger partial charge >= 0.3 is 0 Å². The first-order valence-electron chi connectivity index (χ1n) is 12.9. The number of phenolic OH excluding ortho intramolecular Hbond substituents is 1. The number of phenols is 1. The Labute approximate surface area is 225 Å². The number of nitrogens with two attached hydrogens (primary N) is 1. The number of likely N-dealkylation sites (N-methyl/N-ethyl adjacent to an activating group) is 1. The molecule has 2 aromatic carbocycles. The lowest BCUT2D eigenvalue weighted by molar-refractivity contribution is -0.136. The summed E-state index contributed by atoms with van der Waals surface area (Å²) in [7, 11) is 3.36. The minimum atomic E-state index is -1.30. The molecular formula is C30H30N2O7. The molecule has 5 N–H and O–H groups in total. The number of hydrogen-bond donors (Lipinski definition) is 4. The number of aryl methyl sites for hydroxylation is 1. The van der Waals surface area contributed by atoms with Crippen molar-refractivity contribution in [2.75, 3.05) is 14.1 Å². The molecule has 0 heterocycles. The van der Waals surface area contributed by atoms with Crippen LogP contribution in [-0.2, 0) is 27.2 Å². The number of rotatable bonds is 5. The van der Waals surface area contributed by atoms with E-state index in [4.69, 9.17) is 5.73 Å². The standard InChI is InChI=1S/C30H30N2O7/c1-4-14-6-5-13(12-33)9-17(14)16-7-8-20(34)22-18(16)10-15-11-19-23(27(36)21(15)26(22)35)28(37)24(30(31)39)29(38)25(19)32(2)3/h5-9,12,15,19,23,25,34-35,38H,4,10-11H2,1-3H3,(H2,31,39)/t15-,19+,23?,25-/m0/s1. The Kier molecular flexibility index (Phi) is 6.42. The first kappa shape index (κ1) is 26.4. The minimum absolute atomic E-state index is 0.0321. The summed E-state index contributed by atoms with van der Waals surface area (Å²) in [4.78, 5) is 52.5. The van der Waals surface area contributed by atoms with Crippen LogP contribution in [0.5, 0.6) is 5.75 Å². The van der Waals surface area contributed by atoms with Crippen LogP contribution < -0.4 is 5.73 Å². The summed E-state index contributed by atoms with van der Waals surface area (Å²) in [5, 5.41) is 33.2. The minimum Gasteiger partial charge on any atom is -0.510 e. The van der Waals surface area contributed by atoms with Crippen LogP contribution in [0.15, 0.2) is 47.2 Å². The van der Waals surface area contributed by atoms with Gasteiger partial charge in [-0.05, 0) is 79.6 Å². The molecule has 1 amide bonds. The SMILES string of the molecule is CCc1ccc(C=O)cc1-c1ccc(O)c2c1C[C@H]1C[C@@H]3C(C(=O)C(C(N)=O)=C(O)[C@H]3N(C)C)C(=O)C1=C2O. The Balaban J connectivity index is 1.70. The zero-order chi connectivity index (χ0) is 28.3. The van der Waals surface area contributed by atoms with Gasteiger partial charge in [-0.15, -0.1) is 0 Å². The molecule has 202 valence electrons. The van der Waals surface area contributed by atoms with Crippen LogP contribution >= 0.6 is 0 Å². The van der Waals surface area contributed by atoms with E-state index >= 15 is 0 Å². The van der Waals surface area contributed by atoms with E-state index in [1.807, 2.05) is 13.0 Å². The number of allylic oxidation sites excluding steroid dienone is 1. The number of ketones is 2. The van der Waals surface area contributed by atoms with Gasteiger partial charge in [-0.25, -0.2) is 0 Å². The molecule has 3 aliphatic rings. The number of aliphatic hydroxyl groups is 2. The number of amides is 1. The summed E-state index contributed by atoms with van der Waals surface area (Å²) in [6.07, 6.45) is 1.99. The molecule has 0 radical (unpaired) electrons. The maximum Gasteiger partial charge on any atom is 0.255 e. The predicted octanol–water partition coefficient (Wildman–Crippen LogP) is 2.89. The number of Topliss-reactive ketones (excluding diaryl/α,β-unsaturated/α-hetero) is 2. The number of carbonyl (C=O) groups excluding carboxylic acids is 4. The quantitative estimate of drug-likeness (QED) is 0.261. The smallest absolute Gasteiger partial charge is 0.255 e. The van der Waals surface area contributed by atoms with Crippen LogP contribution in [0.4, 0.5) is 0 Å². The average Bonchev–Trinajstić information content (AvgIpc) is 2.87. The fourth-order valence-electron chi connectivity index (χ4n) is 6.74. The number of carbonyl (C=O) groups is 4. The van der Waals surface area contributed by atoms with Crippen LogP contribution in [0, 0.1) is 17.8 Å². The van der Waals surface area contributed by atoms with Crippen molar-refractivity contribution in [3.8, 4) is 16.9 Å². The Hall–Kier alpha value is -4.24. The molecule has 1 fully saturated rings. The van der Waals surface area contributed by atoms with Crippen LogP contribution in [0.3, 0.4) is 0 Å². The molecule has 0 saturated heterocycles. The van der Waals surface area contributed by atoms with E-state index in [-0.39, 0.29) is 29.7 Å². The van der Waals surface area contributed by atoms with E-state index in [0.717, 1.165) is 23.0 Å². The maximum atomic E-state index is 13.9. The second kappa shape index (κ2) is 9.50. The number of primary amides is 1. The third-order valence-corrected chi connectivity index (χ3v) is 8.39. The average molecular weight is 531 g/mol. The fraction of sp³-hybridized carbons (Fsp3) is 0.333. The van der Waals surface area contributed by atoms with E-state index in [1.54, 1.807) is 37.2 Å². The zero-order valence-corrected chi connectivity index (χ0v) is 21.9. The van der Waals surface area contributed by atoms with Crippen LogP contribution in [-0.4, -0.2) is 64.1 Å². The summed E-state index contributed by atoms with van der Waals surface area (Å²) in [5.41, 5.74) is 8.58. The number of fused-ring (bicyclic) bond motifs is 3. The maximum absolute atomic E-state index is 13.9. The lowest BCUT2D eigenvalue weighted by atomic mass is 9.59. The Bertz CT molecular complexity index is 1520. The van der Waals surface area contributed by atoms with Crippen LogP contribution in [0.1, 0.15) is 40.4 Å². The van der Waals surface area contributed by atoms with Crippen molar-refractivity contribution >= 4 is 29.5 Å². The van der Waals surface area contributed by atoms with Crippen molar-refractivity contribution < 1.29 is 34.5 Å². The van der Waals surface area contributed by atoms with Crippen molar-refractivity contribution in [3.05, 3.63) is 69.5 Å². The van der Waals surface area contributed by atoms with Crippen LogP contribution in [0.2, 0.25) is 0 Å². The van der Waals surface area contributed by atoms with Gasteiger partial charge in [0.1, 0.15) is 29.1 Å². The number of hydrogen-bond acceptors (Lipinski definition) is 8. The van der Waals surface area contributed by atoms with Gasteiger partial charge in [-0.2, -0.15) is 0 Å². The zero-order valence-electron chi connectivity index (χ0n) is 21.9. The molecule has 1 saturated carbocycles. The topological polar surface area (TPSA) is 158 Å². The molecule has 5 rings (SSSR count). The largest absolute Gasteiger partial charge is 0.510 e. The van der Waals surface area contributed by atoms with Crippen molar-refractivity contribution in [1.29, 1.82) is 0 Å². The van der Waals surface area contributed by atoms with Gasteiger partial charge in [0.25, 0.3) is 5.91 Å². The lowest BCUT2D eigenvalue weighted by Gasteiger charge is -2.46. The molecule has 9 heteroatoms. The number of aromatic hydroxyl groups is 1. The molecule has 4 atom stereocenters. The van der Waals surface area contributed by atoms with Gasteiger partial charge < -0.3 is 21.1 Å². The molecule has 0 bridgehead atoms. The normalized spacial score (nSPS) is 24.4. The van der Waals surface area contributed by atoms with Gasteiger partial charge in [0, 0.05) is 11.1 Å². The summed E-state index contributed by atoms with van der Waals surface area (Å²) in [5.74, 6) is -6.13. The van der Waals surface area contributed by atoms with Gasteiger partial charge in [0.15, 0.2) is 11.6 Å². The van der Waals surface area contributed by atoms with Crippen molar-refractivity contribution in [2.45, 2.75) is 32.2 Å². The summed E-state index contributed by atoms with van der Waals surface area (Å²) in [6.45, 7) is 1.99. The second-order valence-electron chi connectivity index (χ2n) is 10.7. The van der Waals surface area contributed by atoms with Crippen molar-refractivity contribution in [2.24, 2.45) is 23.5 Å². The molecule has 3 aliphatic carbocycles. The molecule has 0 aromatic heterocycles. The highest BCUT2D eigenvalue weighted by Crippen LogP contribution is 2.51. The number of benzene rings is 2. The number of nitrogens with zero attached hydrogens (tertiary/aromatic N) is 1. The number of aldehydes is 1. The highest BCUT2D eigenvalue weighted by atomic mass is 16.3. The van der Waals surface area contributed by atoms with Gasteiger partial charge in [-0.3, -0.25) is 24.1 Å². The second-order valence-corrected chi connectivity index (χ2v) is 10.7. The fourth-order valence-corrected chi connectivity index (χ4v) is 6.74. The van der Waals surface area contributed by atoms with E-state index in [2.05, 4.69) is 0 Å². The van der Waals surface area contributed by atoms with Gasteiger partial charge in [0.05, 0.1) is 17.5 Å². The molecule has 2 aromatic rings. The summed E-state index contributed by atoms with van der Waals surface area (Å²) >= 11 is 0. The van der Waals surface area contributed by atoms with Crippen molar-refractivity contribution in [3.63, 3.8) is 0 Å². The van der Waals surface area contributed by atoms with Gasteiger partial charge in [0.2, 0.25) is 0 Å². The molecule has 0 spiro atoms. The van der Waals surface area contributed by atoms with Crippen molar-refractivity contribution in [1.82, 2.24) is 4.90 Å². The number of aliphatic hydroxyl groups excluding tert-OH is 2. The molecular weight excluding hydrogens is 500 g/mol. The van der Waals surface area contributed by atoms with E-state index < -0.39 is 58.4 Å². The molecule has 39 heavy (non-hydrogen) atoms. The molecule has 0 aliphatic heterocycles. The first-order valence-corrected chi connectivity index (χ1v) is 12.9. The Morgan fingerprint density at radius 1 is 1.08 bits per heavy atom.